The average molecular weight is 483 g/mol. The van der Waals surface area contributed by atoms with Crippen molar-refractivity contribution >= 4 is 32.9 Å². The second-order valence-electron chi connectivity index (χ2n) is 6.30. The molecule has 1 aliphatic heterocycles. The number of thiophene rings is 1. The molecule has 1 radical (unpaired) electrons. The van der Waals surface area contributed by atoms with Gasteiger partial charge >= 0.3 is 0 Å². The molecule has 0 atom stereocenters. The van der Waals surface area contributed by atoms with Crippen LogP contribution in [0.25, 0.3) is 16.0 Å². The quantitative estimate of drug-likeness (QED) is 0.454. The number of fused-ring (bicyclic) bond motifs is 2. The van der Waals surface area contributed by atoms with Crippen LogP contribution in [0.5, 0.6) is 5.75 Å². The summed E-state index contributed by atoms with van der Waals surface area (Å²) in [5.41, 5.74) is 10.2. The van der Waals surface area contributed by atoms with E-state index < -0.39 is 0 Å². The zero-order chi connectivity index (χ0) is 19.3. The second-order valence-corrected chi connectivity index (χ2v) is 7.41. The Bertz CT molecular complexity index is 1020. The monoisotopic (exact) mass is 483 g/mol. The first-order valence-electron chi connectivity index (χ1n) is 8.88. The van der Waals surface area contributed by atoms with Crippen molar-refractivity contribution in [1.82, 2.24) is 15.0 Å². The number of pyridine rings is 1. The maximum atomic E-state index is 8.82. The fraction of sp³-hybridized carbons (Fsp3) is 0.200. The molecule has 4 heterocycles. The van der Waals surface area contributed by atoms with Crippen LogP contribution in [-0.4, -0.2) is 33.2 Å². The fourth-order valence-electron chi connectivity index (χ4n) is 3.02. The van der Waals surface area contributed by atoms with Crippen LogP contribution in [0.4, 0.5) is 11.4 Å². The predicted octanol–water partition coefficient (Wildman–Crippen LogP) is 4.28. The van der Waals surface area contributed by atoms with Crippen LogP contribution in [0.3, 0.4) is 0 Å². The molecular weight excluding hydrogens is 463 g/mol. The minimum absolute atomic E-state index is 0. The molecule has 1 aliphatic rings. The van der Waals surface area contributed by atoms with Gasteiger partial charge in [-0.15, -0.1) is 17.0 Å². The van der Waals surface area contributed by atoms with Crippen LogP contribution < -0.4 is 9.64 Å². The largest absolute Gasteiger partial charge is 0.699 e. The van der Waals surface area contributed by atoms with Gasteiger partial charge in [-0.2, -0.15) is 0 Å². The van der Waals surface area contributed by atoms with Crippen LogP contribution in [0, 0.1) is 0 Å². The molecule has 0 unspecified atom stereocenters. The van der Waals surface area contributed by atoms with Gasteiger partial charge in [-0.25, -0.2) is 9.97 Å². The molecule has 0 amide bonds. The topological polar surface area (TPSA) is 98.1 Å². The number of H-pyrrole nitrogens is 1. The van der Waals surface area contributed by atoms with Gasteiger partial charge in [0.05, 0.1) is 37.4 Å². The van der Waals surface area contributed by atoms with E-state index in [0.29, 0.717) is 12.3 Å². The maximum Gasteiger partial charge on any atom is 0.142 e. The minimum Gasteiger partial charge on any atom is -0.699 e. The van der Waals surface area contributed by atoms with E-state index in [1.54, 1.807) is 18.6 Å². The van der Waals surface area contributed by atoms with Crippen molar-refractivity contribution < 1.29 is 42.6 Å². The number of aromatic amines is 1. The average Bonchev–Trinajstić information content (AvgIpc) is 3.38. The molecule has 9 heteroatoms. The maximum absolute atomic E-state index is 8.82. The number of hydrogen-bond donors (Lipinski definition) is 2. The summed E-state index contributed by atoms with van der Waals surface area (Å²) in [6.07, 6.45) is 5.26. The number of nitrogens with one attached hydrogen (secondary N) is 2. The minimum atomic E-state index is 0. The molecule has 5 rings (SSSR count). The fourth-order valence-corrected chi connectivity index (χ4v) is 3.87. The number of aliphatic hydroxyl groups excluding tert-OH is 1. The van der Waals surface area contributed by atoms with Gasteiger partial charge in [-0.05, 0) is 18.2 Å². The van der Waals surface area contributed by atoms with Gasteiger partial charge in [0.1, 0.15) is 17.2 Å². The number of benzene rings is 1. The molecule has 29 heavy (non-hydrogen) atoms. The van der Waals surface area contributed by atoms with Gasteiger partial charge in [0, 0.05) is 55.4 Å². The SMILES string of the molecule is OCc1cc2cccnc2s1.[NH-]c1ccc2c(c1)N(Cc1cnc[nH]1)CCO2.[Y]. The number of ether oxygens (including phenoxy) is 1. The summed E-state index contributed by atoms with van der Waals surface area (Å²) >= 11 is 1.54. The van der Waals surface area contributed by atoms with Crippen molar-refractivity contribution in [2.24, 2.45) is 0 Å². The van der Waals surface area contributed by atoms with E-state index in [1.807, 2.05) is 36.5 Å². The number of aliphatic hydroxyl groups is 1. The van der Waals surface area contributed by atoms with Crippen LogP contribution in [-0.2, 0) is 45.9 Å². The first-order chi connectivity index (χ1) is 13.7. The normalized spacial score (nSPS) is 12.4. The van der Waals surface area contributed by atoms with Crippen LogP contribution >= 0.6 is 11.3 Å². The van der Waals surface area contributed by atoms with Gasteiger partial charge in [0.25, 0.3) is 0 Å². The van der Waals surface area contributed by atoms with Gasteiger partial charge in [0.2, 0.25) is 0 Å². The molecule has 0 spiro atoms. The second kappa shape index (κ2) is 10.2. The number of hydrogen-bond acceptors (Lipinski definition) is 6. The van der Waals surface area contributed by atoms with Crippen molar-refractivity contribution in [3.63, 3.8) is 0 Å². The smallest absolute Gasteiger partial charge is 0.142 e. The molecule has 3 aromatic heterocycles. The zero-order valence-corrected chi connectivity index (χ0v) is 19.4. The summed E-state index contributed by atoms with van der Waals surface area (Å²) in [5, 5.41) is 9.93. The summed E-state index contributed by atoms with van der Waals surface area (Å²) in [6, 6.07) is 11.3. The van der Waals surface area contributed by atoms with Crippen LogP contribution in [0.15, 0.2) is 55.1 Å². The van der Waals surface area contributed by atoms with Gasteiger partial charge in [-0.1, -0.05) is 18.2 Å². The Kier molecular flexibility index (Phi) is 7.60. The summed E-state index contributed by atoms with van der Waals surface area (Å²) in [6.45, 7) is 2.38. The van der Waals surface area contributed by atoms with Crippen LogP contribution in [0.1, 0.15) is 10.6 Å². The molecule has 0 aliphatic carbocycles. The van der Waals surface area contributed by atoms with E-state index >= 15 is 0 Å². The third-order valence-corrected chi connectivity index (χ3v) is 5.38. The van der Waals surface area contributed by atoms with E-state index in [9.17, 15) is 0 Å². The van der Waals surface area contributed by atoms with Gasteiger partial charge in [-0.3, -0.25) is 0 Å². The molecule has 4 aromatic rings. The summed E-state index contributed by atoms with van der Waals surface area (Å²) in [7, 11) is 0. The zero-order valence-electron chi connectivity index (χ0n) is 15.7. The van der Waals surface area contributed by atoms with Crippen molar-refractivity contribution in [3.8, 4) is 5.75 Å². The standard InChI is InChI=1S/C12H13N4O.C8H7NOS.Y/c13-9-1-2-12-11(5-9)16(3-4-17-12)7-10-6-14-8-15-10;10-5-7-4-6-2-1-3-9-8(6)11-7;/h1-2,5-6,8,13H,3-4,7H2,(H,14,15);1-4,10H,5H2;/q-1;;. The van der Waals surface area contributed by atoms with Gasteiger partial charge in [0.15, 0.2) is 0 Å². The summed E-state index contributed by atoms with van der Waals surface area (Å²) in [5.74, 6) is 0.853. The number of anilines is 1. The number of aromatic nitrogens is 3. The number of imidazole rings is 1. The first kappa shape index (κ1) is 21.7. The van der Waals surface area contributed by atoms with Crippen molar-refractivity contribution in [1.29, 1.82) is 0 Å². The third-order valence-electron chi connectivity index (χ3n) is 4.34. The Labute approximate surface area is 197 Å². The van der Waals surface area contributed by atoms with E-state index in [0.717, 1.165) is 45.3 Å². The van der Waals surface area contributed by atoms with E-state index in [2.05, 4.69) is 19.9 Å². The Morgan fingerprint density at radius 2 is 2.17 bits per heavy atom. The van der Waals surface area contributed by atoms with E-state index in [-0.39, 0.29) is 39.3 Å². The van der Waals surface area contributed by atoms with Crippen molar-refractivity contribution in [3.05, 3.63) is 71.4 Å². The van der Waals surface area contributed by atoms with Crippen molar-refractivity contribution in [2.75, 3.05) is 18.1 Å². The van der Waals surface area contributed by atoms with Crippen molar-refractivity contribution in [2.45, 2.75) is 13.2 Å². The Balaban J connectivity index is 0.000000174. The molecule has 3 N–H and O–H groups in total. The van der Waals surface area contributed by atoms with E-state index in [4.69, 9.17) is 15.6 Å². The molecule has 147 valence electrons. The Hall–Kier alpha value is -2.00. The third kappa shape index (κ3) is 5.33. The Morgan fingerprint density at radius 1 is 1.28 bits per heavy atom. The summed E-state index contributed by atoms with van der Waals surface area (Å²) in [4.78, 5) is 15.4. The molecule has 0 saturated carbocycles. The van der Waals surface area contributed by atoms with E-state index in [1.165, 1.54) is 11.3 Å². The molecular formula is C20H20N5O2SY-. The molecule has 0 saturated heterocycles. The Morgan fingerprint density at radius 3 is 2.93 bits per heavy atom. The molecule has 0 fully saturated rings. The van der Waals surface area contributed by atoms with Gasteiger partial charge < -0.3 is 25.5 Å². The first-order valence-corrected chi connectivity index (χ1v) is 9.69. The number of rotatable bonds is 3. The molecule has 7 nitrogen and oxygen atoms in total. The molecule has 0 bridgehead atoms. The molecule has 1 aromatic carbocycles. The number of nitrogens with zero attached hydrogens (tertiary/aromatic N) is 3. The predicted molar refractivity (Wildman–Crippen MR) is 111 cm³/mol. The van der Waals surface area contributed by atoms with Crippen LogP contribution in [0.2, 0.25) is 0 Å². The summed E-state index contributed by atoms with van der Waals surface area (Å²) < 4.78 is 5.58.